The molecule has 1 fully saturated rings. The van der Waals surface area contributed by atoms with Crippen LogP contribution in [0.3, 0.4) is 0 Å². The second kappa shape index (κ2) is 16.2. The van der Waals surface area contributed by atoms with Crippen LogP contribution in [0.4, 0.5) is 45.5 Å². The summed E-state index contributed by atoms with van der Waals surface area (Å²) in [6.07, 6.45) is 7.14. The summed E-state index contributed by atoms with van der Waals surface area (Å²) < 4.78 is 9.60. The molecule has 6 heteroatoms. The van der Waals surface area contributed by atoms with E-state index in [1.807, 2.05) is 0 Å². The number of thiophene rings is 1. The largest absolute Gasteiger partial charge is 0.456 e. The predicted molar refractivity (Wildman–Crippen MR) is 337 cm³/mol. The maximum atomic E-state index is 6.74. The van der Waals surface area contributed by atoms with Crippen LogP contribution >= 0.6 is 11.3 Å². The van der Waals surface area contributed by atoms with Crippen LogP contribution in [-0.4, -0.2) is 12.3 Å². The predicted octanol–water partition coefficient (Wildman–Crippen LogP) is 18.9. The van der Waals surface area contributed by atoms with Crippen molar-refractivity contribution in [3.63, 3.8) is 0 Å². The number of benzene rings is 7. The minimum Gasteiger partial charge on any atom is -0.456 e. The van der Waals surface area contributed by atoms with Crippen LogP contribution in [0.1, 0.15) is 176 Å². The molecule has 5 aliphatic rings. The van der Waals surface area contributed by atoms with Crippen LogP contribution in [0.5, 0.6) is 0 Å². The molecule has 0 N–H and O–H groups in total. The molecule has 2 unspecified atom stereocenters. The topological polar surface area (TPSA) is 22.9 Å². The van der Waals surface area contributed by atoms with Crippen molar-refractivity contribution in [1.29, 1.82) is 0 Å². The van der Waals surface area contributed by atoms with Gasteiger partial charge in [0.15, 0.2) is 0 Å². The molecule has 9 aromatic rings. The molecule has 396 valence electrons. The molecule has 0 bridgehead atoms. The van der Waals surface area contributed by atoms with Crippen molar-refractivity contribution in [3.05, 3.63) is 161 Å². The van der Waals surface area contributed by atoms with Crippen LogP contribution in [0.2, 0.25) is 0 Å². The molecule has 5 heterocycles. The van der Waals surface area contributed by atoms with Gasteiger partial charge in [-0.05, 0) is 171 Å². The second-order valence-electron chi connectivity index (χ2n) is 29.2. The molecule has 0 amide bonds. The lowest BCUT2D eigenvalue weighted by Crippen LogP contribution is -2.64. The monoisotopic (exact) mass is 1040 g/mol. The lowest BCUT2D eigenvalue weighted by molar-refractivity contribution is 0.195. The Bertz CT molecular complexity index is 3980. The Morgan fingerprint density at radius 3 is 1.79 bits per heavy atom. The van der Waals surface area contributed by atoms with Crippen molar-refractivity contribution in [3.8, 4) is 0 Å². The van der Waals surface area contributed by atoms with Gasteiger partial charge in [-0.2, -0.15) is 0 Å². The fraction of sp³-hybridized carbons (Fsp3) is 0.389. The van der Waals surface area contributed by atoms with E-state index in [1.165, 1.54) is 114 Å². The van der Waals surface area contributed by atoms with Gasteiger partial charge >= 0.3 is 0 Å². The van der Waals surface area contributed by atoms with Gasteiger partial charge < -0.3 is 19.1 Å². The van der Waals surface area contributed by atoms with E-state index in [2.05, 4.69) is 257 Å². The van der Waals surface area contributed by atoms with Crippen LogP contribution in [0.15, 0.2) is 132 Å². The molecule has 0 radical (unpaired) electrons. The molecule has 2 aromatic heterocycles. The first kappa shape index (κ1) is 50.0. The number of fused-ring (bicyclic) bond motifs is 13. The SMILES string of the molecule is CC(C)(C)c1ccc(N(c2cc3c4c(c2)N2c5c(cc(C(C)(C)C)cc5C5(C)CCCCC25C)B4c2sc4cc5c(cc4c2N3c2ccc(C(C)(C)C)cc2)C(C)(C)CCC5(C)C)c2ccc3c(c2)oc2ccccc23)cc1. The summed E-state index contributed by atoms with van der Waals surface area (Å²) in [4.78, 5) is 8.19. The number of furan rings is 1. The third-order valence-corrected chi connectivity index (χ3v) is 21.5. The number of rotatable bonds is 4. The molecule has 0 saturated heterocycles. The number of para-hydroxylation sites is 1. The summed E-state index contributed by atoms with van der Waals surface area (Å²) in [5.41, 5.74) is 23.3. The first-order chi connectivity index (χ1) is 36.8. The highest BCUT2D eigenvalue weighted by molar-refractivity contribution is 7.33. The van der Waals surface area contributed by atoms with Crippen LogP contribution < -0.4 is 30.4 Å². The van der Waals surface area contributed by atoms with Crippen LogP contribution in [0, 0.1) is 0 Å². The number of hydrogen-bond donors (Lipinski definition) is 0. The van der Waals surface area contributed by atoms with Gasteiger partial charge in [0.1, 0.15) is 11.2 Å². The van der Waals surface area contributed by atoms with Gasteiger partial charge in [0.25, 0.3) is 6.71 Å². The van der Waals surface area contributed by atoms with E-state index in [0.29, 0.717) is 0 Å². The molecular weight excluding hydrogens is 966 g/mol. The highest BCUT2D eigenvalue weighted by atomic mass is 32.1. The Morgan fingerprint density at radius 2 is 1.12 bits per heavy atom. The lowest BCUT2D eigenvalue weighted by Gasteiger charge is -2.52. The maximum absolute atomic E-state index is 6.74. The zero-order valence-electron chi connectivity index (χ0n) is 49.1. The van der Waals surface area contributed by atoms with Crippen LogP contribution in [-0.2, 0) is 32.5 Å². The van der Waals surface area contributed by atoms with Crippen molar-refractivity contribution in [2.24, 2.45) is 0 Å². The summed E-state index contributed by atoms with van der Waals surface area (Å²) in [5.74, 6) is 0. The average Bonchev–Trinajstić information content (AvgIpc) is 2.42. The van der Waals surface area contributed by atoms with Gasteiger partial charge in [-0.15, -0.1) is 11.3 Å². The van der Waals surface area contributed by atoms with E-state index >= 15 is 0 Å². The standard InChI is InChI=1S/C72H78BN3OS/c1-66(2,3)43-22-26-46(27-23-43)74(48-30-31-51-50-20-16-17-21-59(50)77-60(51)40-48)49-38-57-62-58(39-49)76-64-55(71(14)32-18-19-33-72(71,76)15)36-45(68(7,8)9)37-56(64)73(62)65-63(75(57)47-28-24-44(25-29-47)67(4,5)6)52-41-53-54(42-61(52)78-65)70(12,13)35-34-69(53,10)11/h16-17,20-31,36-42H,18-19,32-35H2,1-15H3. The summed E-state index contributed by atoms with van der Waals surface area (Å²) in [6, 6.07) is 50.3. The average molecular weight is 1040 g/mol. The van der Waals surface area contributed by atoms with Crippen molar-refractivity contribution < 1.29 is 4.42 Å². The van der Waals surface area contributed by atoms with Gasteiger partial charge in [-0.25, -0.2) is 0 Å². The Balaban J connectivity index is 1.13. The first-order valence-corrected chi connectivity index (χ1v) is 30.1. The molecule has 7 aromatic carbocycles. The minimum absolute atomic E-state index is 0.00557. The Kier molecular flexibility index (Phi) is 10.4. The third kappa shape index (κ3) is 7.02. The van der Waals surface area contributed by atoms with Crippen molar-refractivity contribution in [2.45, 2.75) is 180 Å². The summed E-state index contributed by atoms with van der Waals surface area (Å²) in [7, 11) is 0. The Morgan fingerprint density at radius 1 is 0.513 bits per heavy atom. The number of nitrogens with zero attached hydrogens (tertiary/aromatic N) is 3. The highest BCUT2D eigenvalue weighted by Crippen LogP contribution is 2.63. The molecule has 2 atom stereocenters. The van der Waals surface area contributed by atoms with Gasteiger partial charge in [0.05, 0.1) is 16.9 Å². The lowest BCUT2D eigenvalue weighted by atomic mass is 9.36. The molecular formula is C72H78BN3OS. The molecule has 14 rings (SSSR count). The van der Waals surface area contributed by atoms with Crippen molar-refractivity contribution in [2.75, 3.05) is 14.7 Å². The van der Waals surface area contributed by atoms with E-state index in [1.54, 1.807) is 5.56 Å². The molecule has 4 nitrogen and oxygen atoms in total. The zero-order valence-corrected chi connectivity index (χ0v) is 49.9. The Hall–Kier alpha value is -6.24. The van der Waals surface area contributed by atoms with E-state index < -0.39 is 0 Å². The molecule has 0 spiro atoms. The summed E-state index contributed by atoms with van der Waals surface area (Å²) in [5, 5.41) is 3.66. The molecule has 2 aliphatic carbocycles. The fourth-order valence-electron chi connectivity index (χ4n) is 15.2. The fourth-order valence-corrected chi connectivity index (χ4v) is 16.6. The first-order valence-electron chi connectivity index (χ1n) is 29.3. The molecule has 1 saturated carbocycles. The minimum atomic E-state index is -0.154. The molecule has 3 aliphatic heterocycles. The van der Waals surface area contributed by atoms with Crippen molar-refractivity contribution >= 4 is 111 Å². The van der Waals surface area contributed by atoms with E-state index in [9.17, 15) is 0 Å². The second-order valence-corrected chi connectivity index (χ2v) is 30.3. The van der Waals surface area contributed by atoms with Crippen molar-refractivity contribution in [1.82, 2.24) is 0 Å². The highest BCUT2D eigenvalue weighted by Gasteiger charge is 2.62. The Labute approximate surface area is 468 Å². The van der Waals surface area contributed by atoms with Gasteiger partial charge in [-0.3, -0.25) is 0 Å². The summed E-state index contributed by atoms with van der Waals surface area (Å²) in [6.45, 7) is 36.5. The maximum Gasteiger partial charge on any atom is 0.264 e. The third-order valence-electron chi connectivity index (χ3n) is 20.3. The van der Waals surface area contributed by atoms with Gasteiger partial charge in [0.2, 0.25) is 0 Å². The quantitative estimate of drug-likeness (QED) is 0.164. The normalized spacial score (nSPS) is 20.9. The van der Waals surface area contributed by atoms with E-state index in [0.717, 1.165) is 45.4 Å². The zero-order chi connectivity index (χ0) is 54.6. The van der Waals surface area contributed by atoms with E-state index in [-0.39, 0.29) is 44.7 Å². The van der Waals surface area contributed by atoms with E-state index in [4.69, 9.17) is 4.42 Å². The smallest absolute Gasteiger partial charge is 0.264 e. The molecule has 78 heavy (non-hydrogen) atoms. The van der Waals surface area contributed by atoms with Gasteiger partial charge in [-0.1, -0.05) is 164 Å². The summed E-state index contributed by atoms with van der Waals surface area (Å²) >= 11 is 2.08. The number of hydrogen-bond acceptors (Lipinski definition) is 5. The number of anilines is 8. The van der Waals surface area contributed by atoms with Crippen LogP contribution in [0.25, 0.3) is 32.0 Å². The van der Waals surface area contributed by atoms with Gasteiger partial charge in [0, 0.05) is 71.2 Å².